The third-order valence-corrected chi connectivity index (χ3v) is 4.16. The highest BCUT2D eigenvalue weighted by Gasteiger charge is 2.20. The first-order chi connectivity index (χ1) is 8.90. The van der Waals surface area contributed by atoms with Crippen LogP contribution in [0.3, 0.4) is 0 Å². The molecule has 0 bridgehead atoms. The van der Waals surface area contributed by atoms with Crippen LogP contribution in [0.15, 0.2) is 41.5 Å². The van der Waals surface area contributed by atoms with Crippen LogP contribution in [0, 0.1) is 19.8 Å². The zero-order chi connectivity index (χ0) is 14.6. The number of allylic oxidation sites excluding steroid dienone is 3. The van der Waals surface area contributed by atoms with Crippen LogP contribution in [-0.2, 0) is 0 Å². The van der Waals surface area contributed by atoms with Crippen molar-refractivity contribution in [3.8, 4) is 0 Å². The van der Waals surface area contributed by atoms with Gasteiger partial charge in [0, 0.05) is 5.92 Å². The zero-order valence-corrected chi connectivity index (χ0v) is 13.0. The average Bonchev–Trinajstić information content (AvgIpc) is 2.39. The van der Waals surface area contributed by atoms with E-state index in [2.05, 4.69) is 46.8 Å². The molecule has 1 nitrogen and oxygen atoms in total. The fraction of sp³-hybridized carbons (Fsp3) is 0.444. The van der Waals surface area contributed by atoms with Crippen LogP contribution in [0.5, 0.6) is 0 Å². The lowest BCUT2D eigenvalue weighted by molar-refractivity contribution is 0.133. The van der Waals surface area contributed by atoms with Crippen molar-refractivity contribution < 1.29 is 5.11 Å². The van der Waals surface area contributed by atoms with Crippen LogP contribution in [0.25, 0.3) is 0 Å². The molecule has 0 saturated heterocycles. The molecular weight excluding hydrogens is 232 g/mol. The second-order valence-corrected chi connectivity index (χ2v) is 5.39. The number of hydrogen-bond donors (Lipinski definition) is 1. The van der Waals surface area contributed by atoms with Crippen molar-refractivity contribution in [3.05, 3.63) is 58.2 Å². The average molecular weight is 258 g/mol. The summed E-state index contributed by atoms with van der Waals surface area (Å²) >= 11 is 0. The Bertz CT molecular complexity index is 494. The van der Waals surface area contributed by atoms with Crippen molar-refractivity contribution in [2.75, 3.05) is 0 Å². The van der Waals surface area contributed by atoms with E-state index in [0.717, 1.165) is 5.56 Å². The van der Waals surface area contributed by atoms with Gasteiger partial charge in [-0.3, -0.25) is 0 Å². The van der Waals surface area contributed by atoms with Crippen molar-refractivity contribution in [2.45, 2.75) is 47.6 Å². The van der Waals surface area contributed by atoms with E-state index in [1.165, 1.54) is 22.3 Å². The standard InChI is InChI=1S/C18H26O/c1-7-9-12(2)14(4)16(6)18(19)17-11-8-10-13(3)15(17)5/h7-11,16,18-19H,1-6H3/b9-7-,14-12-. The second-order valence-electron chi connectivity index (χ2n) is 5.39. The number of benzene rings is 1. The van der Waals surface area contributed by atoms with Crippen LogP contribution in [0.2, 0.25) is 0 Å². The van der Waals surface area contributed by atoms with Gasteiger partial charge >= 0.3 is 0 Å². The quantitative estimate of drug-likeness (QED) is 0.763. The van der Waals surface area contributed by atoms with Crippen LogP contribution < -0.4 is 0 Å². The van der Waals surface area contributed by atoms with E-state index in [1.54, 1.807) is 0 Å². The van der Waals surface area contributed by atoms with Gasteiger partial charge in [0.05, 0.1) is 6.10 Å². The second kappa shape index (κ2) is 6.72. The van der Waals surface area contributed by atoms with Crippen molar-refractivity contribution in [3.63, 3.8) is 0 Å². The lowest BCUT2D eigenvalue weighted by atomic mass is 9.86. The van der Waals surface area contributed by atoms with Crippen LogP contribution in [0.1, 0.15) is 50.5 Å². The zero-order valence-electron chi connectivity index (χ0n) is 13.0. The van der Waals surface area contributed by atoms with Crippen LogP contribution in [-0.4, -0.2) is 5.11 Å². The molecule has 1 N–H and O–H groups in total. The summed E-state index contributed by atoms with van der Waals surface area (Å²) in [5.41, 5.74) is 5.94. The minimum atomic E-state index is -0.444. The van der Waals surface area contributed by atoms with Gasteiger partial charge in [-0.2, -0.15) is 0 Å². The molecule has 0 saturated carbocycles. The molecule has 0 amide bonds. The van der Waals surface area contributed by atoms with Gasteiger partial charge in [-0.1, -0.05) is 48.4 Å². The Morgan fingerprint density at radius 3 is 2.42 bits per heavy atom. The summed E-state index contributed by atoms with van der Waals surface area (Å²) in [6.45, 7) is 12.5. The van der Waals surface area contributed by atoms with Gasteiger partial charge in [-0.15, -0.1) is 0 Å². The first-order valence-corrected chi connectivity index (χ1v) is 6.94. The van der Waals surface area contributed by atoms with Crippen molar-refractivity contribution in [2.24, 2.45) is 5.92 Å². The van der Waals surface area contributed by atoms with Crippen molar-refractivity contribution in [1.29, 1.82) is 0 Å². The summed E-state index contributed by atoms with van der Waals surface area (Å²) in [4.78, 5) is 0. The summed E-state index contributed by atoms with van der Waals surface area (Å²) in [7, 11) is 0. The van der Waals surface area contributed by atoms with E-state index in [-0.39, 0.29) is 5.92 Å². The van der Waals surface area contributed by atoms with E-state index >= 15 is 0 Å². The maximum absolute atomic E-state index is 10.6. The molecule has 2 atom stereocenters. The fourth-order valence-corrected chi connectivity index (χ4v) is 2.34. The molecule has 1 aromatic carbocycles. The first kappa shape index (κ1) is 15.7. The van der Waals surface area contributed by atoms with E-state index in [1.807, 2.05) is 25.1 Å². The molecule has 1 aromatic rings. The van der Waals surface area contributed by atoms with Gasteiger partial charge in [0.1, 0.15) is 0 Å². The van der Waals surface area contributed by atoms with E-state index in [9.17, 15) is 5.11 Å². The fourth-order valence-electron chi connectivity index (χ4n) is 2.34. The van der Waals surface area contributed by atoms with E-state index < -0.39 is 6.10 Å². The lowest BCUT2D eigenvalue weighted by Crippen LogP contribution is -2.13. The van der Waals surface area contributed by atoms with Gasteiger partial charge in [0.25, 0.3) is 0 Å². The molecule has 0 aliphatic rings. The molecule has 2 unspecified atom stereocenters. The summed E-state index contributed by atoms with van der Waals surface area (Å²) in [6, 6.07) is 6.14. The van der Waals surface area contributed by atoms with E-state index in [0.29, 0.717) is 0 Å². The molecule has 0 aliphatic heterocycles. The predicted octanol–water partition coefficient (Wildman–Crippen LogP) is 4.89. The maximum Gasteiger partial charge on any atom is 0.0855 e. The first-order valence-electron chi connectivity index (χ1n) is 6.94. The van der Waals surface area contributed by atoms with Crippen molar-refractivity contribution >= 4 is 0 Å². The minimum absolute atomic E-state index is 0.122. The Balaban J connectivity index is 3.10. The Morgan fingerprint density at radius 2 is 1.84 bits per heavy atom. The Morgan fingerprint density at radius 1 is 1.21 bits per heavy atom. The highest BCUT2D eigenvalue weighted by atomic mass is 16.3. The molecular formula is C18H26O. The lowest BCUT2D eigenvalue weighted by Gasteiger charge is -2.23. The molecule has 0 aliphatic carbocycles. The molecule has 1 heteroatoms. The number of aryl methyl sites for hydroxylation is 1. The third kappa shape index (κ3) is 3.57. The normalized spacial score (nSPS) is 16.4. The smallest absolute Gasteiger partial charge is 0.0855 e. The molecule has 104 valence electrons. The molecule has 0 aromatic heterocycles. The Hall–Kier alpha value is -1.34. The third-order valence-electron chi connectivity index (χ3n) is 4.16. The largest absolute Gasteiger partial charge is 0.388 e. The monoisotopic (exact) mass is 258 g/mol. The highest BCUT2D eigenvalue weighted by Crippen LogP contribution is 2.31. The molecule has 0 heterocycles. The van der Waals surface area contributed by atoms with Crippen LogP contribution in [0.4, 0.5) is 0 Å². The number of rotatable bonds is 4. The Labute approximate surface area is 117 Å². The summed E-state index contributed by atoms with van der Waals surface area (Å²) < 4.78 is 0. The number of hydrogen-bond acceptors (Lipinski definition) is 1. The van der Waals surface area contributed by atoms with Crippen molar-refractivity contribution in [1.82, 2.24) is 0 Å². The molecule has 1 rings (SSSR count). The Kier molecular flexibility index (Phi) is 5.56. The van der Waals surface area contributed by atoms with Crippen LogP contribution >= 0.6 is 0 Å². The topological polar surface area (TPSA) is 20.2 Å². The van der Waals surface area contributed by atoms with Gasteiger partial charge in [0.2, 0.25) is 0 Å². The summed E-state index contributed by atoms with van der Waals surface area (Å²) in [5.74, 6) is 0.122. The minimum Gasteiger partial charge on any atom is -0.388 e. The number of aliphatic hydroxyl groups excluding tert-OH is 1. The molecule has 0 radical (unpaired) electrons. The summed E-state index contributed by atoms with van der Waals surface area (Å²) in [6.07, 6.45) is 3.69. The SMILES string of the molecule is C/C=C\C(C)=C(\C)C(C)C(O)c1cccc(C)c1C. The number of aliphatic hydroxyl groups is 1. The molecule has 0 spiro atoms. The van der Waals surface area contributed by atoms with Gasteiger partial charge in [-0.25, -0.2) is 0 Å². The van der Waals surface area contributed by atoms with Gasteiger partial charge in [-0.05, 0) is 51.3 Å². The predicted molar refractivity (Wildman–Crippen MR) is 83.2 cm³/mol. The van der Waals surface area contributed by atoms with Gasteiger partial charge < -0.3 is 5.11 Å². The van der Waals surface area contributed by atoms with E-state index in [4.69, 9.17) is 0 Å². The molecule has 0 fully saturated rings. The maximum atomic E-state index is 10.6. The molecule has 19 heavy (non-hydrogen) atoms. The summed E-state index contributed by atoms with van der Waals surface area (Å²) in [5, 5.41) is 10.6. The highest BCUT2D eigenvalue weighted by molar-refractivity contribution is 5.36. The van der Waals surface area contributed by atoms with Gasteiger partial charge in [0.15, 0.2) is 0 Å².